The Morgan fingerprint density at radius 2 is 1.77 bits per heavy atom. The van der Waals surface area contributed by atoms with Gasteiger partial charge >= 0.3 is 10.9 Å². The second-order valence-corrected chi connectivity index (χ2v) is 9.81. The summed E-state index contributed by atoms with van der Waals surface area (Å²) in [5, 5.41) is 15.2. The van der Waals surface area contributed by atoms with Crippen LogP contribution in [0.4, 0.5) is 10.5 Å². The van der Waals surface area contributed by atoms with Crippen molar-refractivity contribution in [3.63, 3.8) is 0 Å². The van der Waals surface area contributed by atoms with Gasteiger partial charge in [0.2, 0.25) is 5.88 Å². The number of hydrogen-bond acceptors (Lipinski definition) is 7. The topological polar surface area (TPSA) is 130 Å². The summed E-state index contributed by atoms with van der Waals surface area (Å²) in [5.41, 5.74) is 3.36. The highest BCUT2D eigenvalue weighted by molar-refractivity contribution is 7.09. The van der Waals surface area contributed by atoms with Gasteiger partial charge in [0.1, 0.15) is 29.7 Å². The third kappa shape index (κ3) is 6.21. The van der Waals surface area contributed by atoms with E-state index < -0.39 is 0 Å². The average Bonchev–Trinajstić information content (AvgIpc) is 3.41. The van der Waals surface area contributed by atoms with E-state index in [9.17, 15) is 14.7 Å². The van der Waals surface area contributed by atoms with Gasteiger partial charge in [0.25, 0.3) is 0 Å². The minimum atomic E-state index is -0.273. The van der Waals surface area contributed by atoms with Crippen molar-refractivity contribution in [1.29, 1.82) is 0 Å². The van der Waals surface area contributed by atoms with Crippen molar-refractivity contribution in [2.45, 2.75) is 20.0 Å². The number of imidazole rings is 1. The van der Waals surface area contributed by atoms with E-state index in [-0.39, 0.29) is 23.4 Å². The van der Waals surface area contributed by atoms with Gasteiger partial charge in [-0.1, -0.05) is 23.5 Å². The van der Waals surface area contributed by atoms with Crippen LogP contribution >= 0.6 is 11.3 Å². The fourth-order valence-corrected chi connectivity index (χ4v) is 4.76. The predicted octanol–water partition coefficient (Wildman–Crippen LogP) is 5.13. The summed E-state index contributed by atoms with van der Waals surface area (Å²) in [6.07, 6.45) is 0.460. The summed E-state index contributed by atoms with van der Waals surface area (Å²) in [4.78, 5) is 30.5. The quantitative estimate of drug-likeness (QED) is 0.203. The molecule has 2 aromatic heterocycles. The van der Waals surface area contributed by atoms with Crippen molar-refractivity contribution >= 4 is 34.1 Å². The molecule has 3 aromatic carbocycles. The molecule has 0 aliphatic rings. The number of nitrogens with one attached hydrogen (secondary N) is 3. The van der Waals surface area contributed by atoms with Crippen molar-refractivity contribution in [2.24, 2.45) is 7.05 Å². The maximum Gasteiger partial charge on any atom is 0.319 e. The number of aromatic amines is 1. The number of urea groups is 1. The molecule has 39 heavy (non-hydrogen) atoms. The molecule has 5 rings (SSSR count). The highest BCUT2D eigenvalue weighted by atomic mass is 32.1. The zero-order valence-corrected chi connectivity index (χ0v) is 22.2. The molecule has 0 fully saturated rings. The molecule has 0 radical (unpaired) electrons. The summed E-state index contributed by atoms with van der Waals surface area (Å²) >= 11 is 1.00. The molecule has 0 atom stereocenters. The molecule has 5 aromatic rings. The van der Waals surface area contributed by atoms with E-state index in [4.69, 9.17) is 14.5 Å². The number of aromatic nitrogens is 3. The molecule has 2 heterocycles. The summed E-state index contributed by atoms with van der Waals surface area (Å²) < 4.78 is 13.9. The van der Waals surface area contributed by atoms with Gasteiger partial charge in [0.05, 0.1) is 15.9 Å². The van der Waals surface area contributed by atoms with E-state index in [0.29, 0.717) is 40.8 Å². The number of H-pyrrole nitrogens is 1. The number of nitrogens with zero attached hydrogens (tertiary/aromatic N) is 2. The van der Waals surface area contributed by atoms with E-state index in [2.05, 4.69) is 15.6 Å². The van der Waals surface area contributed by atoms with Crippen LogP contribution in [-0.4, -0.2) is 32.2 Å². The number of aromatic hydroxyl groups is 1. The molecule has 0 saturated heterocycles. The first-order valence-corrected chi connectivity index (χ1v) is 13.1. The van der Waals surface area contributed by atoms with E-state index in [1.54, 1.807) is 24.3 Å². The Labute approximate surface area is 227 Å². The van der Waals surface area contributed by atoms with Crippen LogP contribution < -0.4 is 25.0 Å². The maximum absolute atomic E-state index is 11.7. The molecule has 10 nitrogen and oxygen atoms in total. The molecule has 200 valence electrons. The lowest BCUT2D eigenvalue weighted by Crippen LogP contribution is -2.28. The number of aryl methyl sites for hydroxylation is 1. The van der Waals surface area contributed by atoms with Crippen molar-refractivity contribution in [1.82, 2.24) is 19.9 Å². The van der Waals surface area contributed by atoms with Gasteiger partial charge < -0.3 is 29.8 Å². The number of carbonyl (C=O) groups excluding carboxylic acids is 1. The third-order valence-electron chi connectivity index (χ3n) is 5.99. The van der Waals surface area contributed by atoms with Crippen LogP contribution in [0, 0.1) is 0 Å². The first-order valence-electron chi connectivity index (χ1n) is 12.3. The van der Waals surface area contributed by atoms with E-state index >= 15 is 0 Å². The Morgan fingerprint density at radius 3 is 2.46 bits per heavy atom. The van der Waals surface area contributed by atoms with Crippen molar-refractivity contribution in [3.05, 3.63) is 92.7 Å². The number of fused-ring (bicyclic) bond motifs is 1. The van der Waals surface area contributed by atoms with Gasteiger partial charge in [-0.2, -0.15) is 0 Å². The highest BCUT2D eigenvalue weighted by Crippen LogP contribution is 2.28. The largest absolute Gasteiger partial charge is 0.494 e. The summed E-state index contributed by atoms with van der Waals surface area (Å²) in [5.74, 6) is 2.67. The Balaban J connectivity index is 1.21. The molecule has 0 bridgehead atoms. The number of thiazole rings is 1. The number of carbonyl (C=O) groups is 1. The lowest BCUT2D eigenvalue weighted by molar-refractivity contribution is 0.252. The Morgan fingerprint density at radius 1 is 1.05 bits per heavy atom. The van der Waals surface area contributed by atoms with Crippen molar-refractivity contribution in [3.8, 4) is 23.1 Å². The average molecular weight is 546 g/mol. The minimum absolute atomic E-state index is 0.0794. The number of amides is 2. The second-order valence-electron chi connectivity index (χ2n) is 8.74. The Bertz CT molecular complexity index is 1660. The van der Waals surface area contributed by atoms with Crippen molar-refractivity contribution < 1.29 is 19.4 Å². The highest BCUT2D eigenvalue weighted by Gasteiger charge is 2.11. The number of anilines is 1. The van der Waals surface area contributed by atoms with Crippen LogP contribution in [0.15, 0.2) is 71.5 Å². The van der Waals surface area contributed by atoms with Gasteiger partial charge in [-0.3, -0.25) is 9.78 Å². The fraction of sp³-hybridized carbons (Fsp3) is 0.179. The molecule has 11 heteroatoms. The summed E-state index contributed by atoms with van der Waals surface area (Å²) in [7, 11) is 1.93. The number of rotatable bonds is 9. The predicted molar refractivity (Wildman–Crippen MR) is 150 cm³/mol. The molecule has 0 saturated carbocycles. The van der Waals surface area contributed by atoms with Gasteiger partial charge in [-0.15, -0.1) is 0 Å². The number of ether oxygens (including phenoxy) is 2. The smallest absolute Gasteiger partial charge is 0.319 e. The Kier molecular flexibility index (Phi) is 7.50. The fourth-order valence-electron chi connectivity index (χ4n) is 4.00. The van der Waals surface area contributed by atoms with Gasteiger partial charge in [0.15, 0.2) is 0 Å². The molecule has 0 unspecified atom stereocenters. The molecular weight excluding hydrogens is 518 g/mol. The van der Waals surface area contributed by atoms with Gasteiger partial charge in [0, 0.05) is 31.8 Å². The maximum atomic E-state index is 11.7. The second kappa shape index (κ2) is 11.3. The zero-order chi connectivity index (χ0) is 27.4. The van der Waals surface area contributed by atoms with Crippen LogP contribution in [0.5, 0.6) is 23.1 Å². The molecule has 0 spiro atoms. The molecule has 0 aliphatic heterocycles. The van der Waals surface area contributed by atoms with Crippen LogP contribution in [0.2, 0.25) is 0 Å². The monoisotopic (exact) mass is 545 g/mol. The van der Waals surface area contributed by atoms with Crippen LogP contribution in [0.3, 0.4) is 0 Å². The third-order valence-corrected chi connectivity index (χ3v) is 6.86. The molecular formula is C28H27N5O5S. The lowest BCUT2D eigenvalue weighted by Gasteiger charge is -2.09. The van der Waals surface area contributed by atoms with E-state index in [0.717, 1.165) is 33.8 Å². The molecule has 4 N–H and O–H groups in total. The SMILES string of the molecule is CCNC(=O)Nc1ccc(Oc2ccc3nc(COc4ccc(Cc5sc(=O)[nH]c5O)cc4)n(C)c3c2)cc1. The first kappa shape index (κ1) is 25.9. The van der Waals surface area contributed by atoms with Gasteiger partial charge in [-0.25, -0.2) is 9.78 Å². The normalized spacial score (nSPS) is 10.9. The summed E-state index contributed by atoms with van der Waals surface area (Å²) in [6, 6.07) is 20.1. The van der Waals surface area contributed by atoms with Crippen LogP contribution in [0.1, 0.15) is 23.2 Å². The zero-order valence-electron chi connectivity index (χ0n) is 21.4. The van der Waals surface area contributed by atoms with Crippen molar-refractivity contribution in [2.75, 3.05) is 11.9 Å². The summed E-state index contributed by atoms with van der Waals surface area (Å²) in [6.45, 7) is 2.69. The van der Waals surface area contributed by atoms with Gasteiger partial charge in [-0.05, 0) is 61.0 Å². The van der Waals surface area contributed by atoms with Crippen LogP contribution in [0.25, 0.3) is 11.0 Å². The number of benzene rings is 3. The van der Waals surface area contributed by atoms with Crippen LogP contribution in [-0.2, 0) is 20.1 Å². The minimum Gasteiger partial charge on any atom is -0.494 e. The molecule has 0 aliphatic carbocycles. The standard InChI is InChI=1S/C28H27N5O5S/c1-3-29-27(35)30-18-6-10-20(11-7-18)38-21-12-13-22-23(15-21)33(2)25(31-22)16-37-19-8-4-17(5-9-19)14-24-26(34)32-28(36)39-24/h4-13,15,34H,3,14,16H2,1-2H3,(H,32,36)(H2,29,30,35). The number of hydrogen-bond donors (Lipinski definition) is 4. The first-order chi connectivity index (χ1) is 18.9. The van der Waals surface area contributed by atoms with E-state index in [1.165, 1.54) is 0 Å². The molecule has 2 amide bonds. The lowest BCUT2D eigenvalue weighted by atomic mass is 10.1. The Hall–Kier alpha value is -4.77. The van der Waals surface area contributed by atoms with E-state index in [1.807, 2.05) is 61.0 Å².